The van der Waals surface area contributed by atoms with E-state index in [0.29, 0.717) is 0 Å². The lowest BCUT2D eigenvalue weighted by Crippen LogP contribution is -2.59. The number of allylic oxidation sites excluding steroid dienone is 1. The van der Waals surface area contributed by atoms with Gasteiger partial charge in [-0.3, -0.25) is 35.6 Å². The van der Waals surface area contributed by atoms with Crippen LogP contribution < -0.4 is 21.7 Å². The number of carbonyl (C=O) groups is 2. The molecule has 0 aromatic heterocycles. The summed E-state index contributed by atoms with van der Waals surface area (Å²) in [5.74, 6) is -0.829. The van der Waals surface area contributed by atoms with Gasteiger partial charge in [0.15, 0.2) is 5.66 Å². The molecule has 0 radical (unpaired) electrons. The Morgan fingerprint density at radius 1 is 1.14 bits per heavy atom. The van der Waals surface area contributed by atoms with Crippen LogP contribution in [0.25, 0.3) is 0 Å². The summed E-state index contributed by atoms with van der Waals surface area (Å²) in [6.07, 6.45) is 3.76. The van der Waals surface area contributed by atoms with Crippen LogP contribution in [-0.4, -0.2) is 33.4 Å². The van der Waals surface area contributed by atoms with Crippen molar-refractivity contribution in [3.05, 3.63) is 62.4 Å². The Morgan fingerprint density at radius 2 is 1.79 bits per heavy atom. The molecule has 12 heteroatoms. The van der Waals surface area contributed by atoms with Gasteiger partial charge in [0.05, 0.1) is 4.92 Å². The van der Waals surface area contributed by atoms with Crippen LogP contribution in [0.2, 0.25) is 0 Å². The third kappa shape index (κ3) is 4.67. The number of nitro groups is 2. The van der Waals surface area contributed by atoms with E-state index in [-0.39, 0.29) is 17.1 Å². The molecule has 5 N–H and O–H groups in total. The average Bonchev–Trinajstić information content (AvgIpc) is 2.56. The fraction of sp³-hybridized carbons (Fsp3) is 0.250. The van der Waals surface area contributed by atoms with Gasteiger partial charge in [-0.05, 0) is 24.3 Å². The Morgan fingerprint density at radius 3 is 2.32 bits per heavy atom. The Balaban J connectivity index is 2.40. The predicted octanol–water partition coefficient (Wildman–Crippen LogP) is 0.855. The van der Waals surface area contributed by atoms with Gasteiger partial charge in [-0.2, -0.15) is 0 Å². The van der Waals surface area contributed by atoms with E-state index in [1.165, 1.54) is 38.1 Å². The first-order chi connectivity index (χ1) is 13.0. The number of hydrogen-bond acceptors (Lipinski definition) is 8. The van der Waals surface area contributed by atoms with Gasteiger partial charge in [-0.25, -0.2) is 0 Å². The first kappa shape index (κ1) is 20.5. The number of benzene rings is 1. The van der Waals surface area contributed by atoms with Gasteiger partial charge >= 0.3 is 0 Å². The molecule has 2 unspecified atom stereocenters. The van der Waals surface area contributed by atoms with Crippen molar-refractivity contribution in [3.8, 4) is 0 Å². The van der Waals surface area contributed by atoms with E-state index in [4.69, 9.17) is 5.73 Å². The maximum Gasteiger partial charge on any atom is 0.294 e. The van der Waals surface area contributed by atoms with Crippen molar-refractivity contribution in [3.63, 3.8) is 0 Å². The number of carbonyl (C=O) groups excluding carboxylic acids is 2. The average molecular weight is 390 g/mol. The van der Waals surface area contributed by atoms with Crippen LogP contribution in [0.5, 0.6) is 0 Å². The summed E-state index contributed by atoms with van der Waals surface area (Å²) >= 11 is 0. The molecule has 2 atom stereocenters. The standard InChI is InChI=1S/C16H18N6O6/c1-9(23)18-11-3-4-13(14(7-11)21(25)26)20-16(17)6-5-12(19-10(2)24)8-15(16)22(27)28/h3-8,15,20H,17H2,1-2H3,(H,18,23)(H,19,24). The number of nitrogens with zero attached hydrogens (tertiary/aromatic N) is 2. The number of amides is 2. The van der Waals surface area contributed by atoms with E-state index in [9.17, 15) is 29.8 Å². The Kier molecular flexibility index (Phi) is 5.74. The quantitative estimate of drug-likeness (QED) is 0.313. The number of nitro benzene ring substituents is 1. The summed E-state index contributed by atoms with van der Waals surface area (Å²) in [7, 11) is 0. The van der Waals surface area contributed by atoms with Gasteiger partial charge in [0.1, 0.15) is 5.69 Å². The number of rotatable bonds is 6. The fourth-order valence-electron chi connectivity index (χ4n) is 2.63. The number of nitrogens with one attached hydrogen (secondary N) is 3. The Labute approximate surface area is 158 Å². The van der Waals surface area contributed by atoms with Gasteiger partial charge in [-0.15, -0.1) is 0 Å². The lowest BCUT2D eigenvalue weighted by Gasteiger charge is -2.32. The molecule has 28 heavy (non-hydrogen) atoms. The first-order valence-electron chi connectivity index (χ1n) is 7.97. The number of nitrogens with two attached hydrogens (primary N) is 1. The van der Waals surface area contributed by atoms with Gasteiger partial charge in [0.25, 0.3) is 11.7 Å². The second kappa shape index (κ2) is 7.84. The zero-order chi connectivity index (χ0) is 21.1. The first-order valence-corrected chi connectivity index (χ1v) is 7.97. The molecule has 148 valence electrons. The molecular weight excluding hydrogens is 372 g/mol. The molecule has 1 aromatic rings. The highest BCUT2D eigenvalue weighted by Crippen LogP contribution is 2.32. The van der Waals surface area contributed by atoms with E-state index in [0.717, 1.165) is 12.1 Å². The number of hydrogen-bond donors (Lipinski definition) is 4. The summed E-state index contributed by atoms with van der Waals surface area (Å²) in [5, 5.41) is 30.4. The highest BCUT2D eigenvalue weighted by atomic mass is 16.6. The van der Waals surface area contributed by atoms with Crippen molar-refractivity contribution < 1.29 is 19.4 Å². The van der Waals surface area contributed by atoms with Gasteiger partial charge in [0, 0.05) is 42.3 Å². The van der Waals surface area contributed by atoms with Crippen LogP contribution in [0.4, 0.5) is 17.1 Å². The summed E-state index contributed by atoms with van der Waals surface area (Å²) in [6.45, 7) is 2.50. The Bertz CT molecular complexity index is 911. The van der Waals surface area contributed by atoms with Crippen molar-refractivity contribution in [1.29, 1.82) is 0 Å². The lowest BCUT2D eigenvalue weighted by molar-refractivity contribution is -0.516. The normalized spacial score (nSPS) is 20.7. The van der Waals surface area contributed by atoms with E-state index in [2.05, 4.69) is 16.0 Å². The maximum absolute atomic E-state index is 11.5. The SMILES string of the molecule is CC(=O)NC1=CC([N+](=O)[O-])C(N)(Nc2ccc(NC(C)=O)cc2[N+](=O)[O-])C=C1. The molecule has 1 aliphatic rings. The fourth-order valence-corrected chi connectivity index (χ4v) is 2.63. The summed E-state index contributed by atoms with van der Waals surface area (Å²) in [6, 6.07) is 2.27. The highest BCUT2D eigenvalue weighted by Gasteiger charge is 2.44. The van der Waals surface area contributed by atoms with E-state index >= 15 is 0 Å². The van der Waals surface area contributed by atoms with Gasteiger partial charge < -0.3 is 16.0 Å². The largest absolute Gasteiger partial charge is 0.353 e. The van der Waals surface area contributed by atoms with E-state index in [1.54, 1.807) is 0 Å². The summed E-state index contributed by atoms with van der Waals surface area (Å²) in [5.41, 5.74) is 4.20. The van der Waals surface area contributed by atoms with Gasteiger partial charge in [0.2, 0.25) is 11.8 Å². The van der Waals surface area contributed by atoms with Crippen molar-refractivity contribution in [2.45, 2.75) is 25.6 Å². The minimum Gasteiger partial charge on any atom is -0.353 e. The smallest absolute Gasteiger partial charge is 0.294 e. The number of anilines is 2. The Hall–Kier alpha value is -3.80. The molecule has 0 fully saturated rings. The third-order valence-corrected chi connectivity index (χ3v) is 3.78. The molecule has 2 amide bonds. The van der Waals surface area contributed by atoms with Crippen molar-refractivity contribution in [1.82, 2.24) is 5.32 Å². The second-order valence-electron chi connectivity index (χ2n) is 6.09. The highest BCUT2D eigenvalue weighted by molar-refractivity contribution is 5.89. The molecule has 0 spiro atoms. The molecule has 0 saturated heterocycles. The van der Waals surface area contributed by atoms with Crippen molar-refractivity contribution >= 4 is 28.9 Å². The molecule has 0 saturated carbocycles. The van der Waals surface area contributed by atoms with Crippen LogP contribution in [-0.2, 0) is 9.59 Å². The molecule has 0 aliphatic heterocycles. The molecular formula is C16H18N6O6. The zero-order valence-electron chi connectivity index (χ0n) is 15.0. The predicted molar refractivity (Wildman–Crippen MR) is 99.8 cm³/mol. The minimum atomic E-state index is -1.80. The van der Waals surface area contributed by atoms with E-state index < -0.39 is 39.1 Å². The minimum absolute atomic E-state index is 0.0746. The van der Waals surface area contributed by atoms with Crippen molar-refractivity contribution in [2.75, 3.05) is 10.6 Å². The van der Waals surface area contributed by atoms with E-state index in [1.807, 2.05) is 0 Å². The maximum atomic E-state index is 11.5. The monoisotopic (exact) mass is 390 g/mol. The van der Waals surface area contributed by atoms with Crippen LogP contribution in [0.15, 0.2) is 42.1 Å². The van der Waals surface area contributed by atoms with Gasteiger partial charge in [-0.1, -0.05) is 0 Å². The molecule has 12 nitrogen and oxygen atoms in total. The molecule has 2 rings (SSSR count). The molecule has 1 aromatic carbocycles. The summed E-state index contributed by atoms with van der Waals surface area (Å²) < 4.78 is 0. The topological polar surface area (TPSA) is 183 Å². The molecule has 1 aliphatic carbocycles. The second-order valence-corrected chi connectivity index (χ2v) is 6.09. The summed E-state index contributed by atoms with van der Waals surface area (Å²) in [4.78, 5) is 43.8. The third-order valence-electron chi connectivity index (χ3n) is 3.78. The molecule has 0 heterocycles. The zero-order valence-corrected chi connectivity index (χ0v) is 15.0. The van der Waals surface area contributed by atoms with Crippen molar-refractivity contribution in [2.24, 2.45) is 5.73 Å². The van der Waals surface area contributed by atoms with Crippen LogP contribution in [0.1, 0.15) is 13.8 Å². The van der Waals surface area contributed by atoms with Crippen LogP contribution >= 0.6 is 0 Å². The van der Waals surface area contributed by atoms with Crippen LogP contribution in [0.3, 0.4) is 0 Å². The van der Waals surface area contributed by atoms with Crippen LogP contribution in [0, 0.1) is 20.2 Å². The molecule has 0 bridgehead atoms. The lowest BCUT2D eigenvalue weighted by atomic mass is 9.94.